The van der Waals surface area contributed by atoms with Crippen molar-refractivity contribution in [2.24, 2.45) is 0 Å². The van der Waals surface area contributed by atoms with Crippen molar-refractivity contribution in [2.45, 2.75) is 19.1 Å². The number of halogens is 2. The fraction of sp³-hybridized carbons (Fsp3) is 0.261. The SMILES string of the molecule is C=CC(=O)N1CC[C@@H](N2C=CN(c3ccc(OCc4ccc(F)cc4F)cc3)C2)C1. The summed E-state index contributed by atoms with van der Waals surface area (Å²) in [4.78, 5) is 18.0. The number of anilines is 1. The van der Waals surface area contributed by atoms with Crippen LogP contribution in [0.2, 0.25) is 0 Å². The van der Waals surface area contributed by atoms with Gasteiger partial charge in [0.15, 0.2) is 0 Å². The molecule has 4 rings (SSSR count). The van der Waals surface area contributed by atoms with Crippen molar-refractivity contribution < 1.29 is 18.3 Å². The number of carbonyl (C=O) groups excluding carboxylic acids is 1. The largest absolute Gasteiger partial charge is 0.489 e. The molecule has 0 aliphatic carbocycles. The first-order chi connectivity index (χ1) is 14.5. The Balaban J connectivity index is 1.31. The van der Waals surface area contributed by atoms with Gasteiger partial charge in [0, 0.05) is 48.8 Å². The van der Waals surface area contributed by atoms with Crippen LogP contribution in [0.15, 0.2) is 67.5 Å². The Morgan fingerprint density at radius 3 is 2.70 bits per heavy atom. The van der Waals surface area contributed by atoms with Crippen molar-refractivity contribution in [1.29, 1.82) is 0 Å². The van der Waals surface area contributed by atoms with E-state index in [2.05, 4.69) is 16.4 Å². The van der Waals surface area contributed by atoms with Gasteiger partial charge in [0.25, 0.3) is 0 Å². The minimum Gasteiger partial charge on any atom is -0.489 e. The van der Waals surface area contributed by atoms with Gasteiger partial charge >= 0.3 is 0 Å². The van der Waals surface area contributed by atoms with Crippen LogP contribution in [-0.2, 0) is 11.4 Å². The van der Waals surface area contributed by atoms with Gasteiger partial charge in [0.05, 0.1) is 6.67 Å². The molecule has 7 heteroatoms. The Morgan fingerprint density at radius 1 is 1.17 bits per heavy atom. The quantitative estimate of drug-likeness (QED) is 0.676. The van der Waals surface area contributed by atoms with E-state index < -0.39 is 11.6 Å². The third kappa shape index (κ3) is 4.30. The zero-order valence-electron chi connectivity index (χ0n) is 16.5. The van der Waals surface area contributed by atoms with Crippen LogP contribution in [0.1, 0.15) is 12.0 Å². The first kappa shape index (κ1) is 19.9. The van der Waals surface area contributed by atoms with E-state index in [0.29, 0.717) is 30.6 Å². The molecule has 156 valence electrons. The highest BCUT2D eigenvalue weighted by atomic mass is 19.1. The maximum absolute atomic E-state index is 13.7. The van der Waals surface area contributed by atoms with Crippen molar-refractivity contribution in [2.75, 3.05) is 24.7 Å². The summed E-state index contributed by atoms with van der Waals surface area (Å²) in [6, 6.07) is 11.3. The molecule has 0 unspecified atom stereocenters. The summed E-state index contributed by atoms with van der Waals surface area (Å²) in [5.74, 6) is -0.634. The van der Waals surface area contributed by atoms with Crippen molar-refractivity contribution in [3.8, 4) is 5.75 Å². The van der Waals surface area contributed by atoms with Gasteiger partial charge in [-0.1, -0.05) is 6.58 Å². The Bertz CT molecular complexity index is 961. The lowest BCUT2D eigenvalue weighted by Gasteiger charge is -2.26. The third-order valence-electron chi connectivity index (χ3n) is 5.45. The fourth-order valence-corrected chi connectivity index (χ4v) is 3.72. The molecule has 2 aromatic rings. The van der Waals surface area contributed by atoms with Gasteiger partial charge in [-0.25, -0.2) is 8.78 Å². The molecule has 1 saturated heterocycles. The van der Waals surface area contributed by atoms with Gasteiger partial charge in [0.2, 0.25) is 5.91 Å². The van der Waals surface area contributed by atoms with E-state index in [1.165, 1.54) is 18.2 Å². The second kappa shape index (κ2) is 8.57. The molecule has 0 aromatic heterocycles. The molecule has 0 spiro atoms. The molecule has 30 heavy (non-hydrogen) atoms. The molecule has 0 N–H and O–H groups in total. The summed E-state index contributed by atoms with van der Waals surface area (Å²) in [6.45, 7) is 5.75. The highest BCUT2D eigenvalue weighted by molar-refractivity contribution is 5.87. The highest BCUT2D eigenvalue weighted by Crippen LogP contribution is 2.26. The minimum absolute atomic E-state index is 0.0198. The third-order valence-corrected chi connectivity index (χ3v) is 5.45. The van der Waals surface area contributed by atoms with Gasteiger partial charge in [-0.2, -0.15) is 0 Å². The number of carbonyl (C=O) groups is 1. The zero-order valence-corrected chi connectivity index (χ0v) is 16.5. The standard InChI is InChI=1S/C23H23F2N3O2/c1-2-23(29)26-10-9-20(14-26)28-12-11-27(16-28)19-5-7-21(8-6-19)30-15-17-3-4-18(24)13-22(17)25/h2-8,11-13,20H,1,9-10,14-16H2/t20-/m1/s1. The molecule has 2 aromatic carbocycles. The number of rotatable bonds is 6. The molecule has 1 amide bonds. The van der Waals surface area contributed by atoms with Gasteiger partial charge in [-0.05, 0) is 48.9 Å². The molecule has 2 heterocycles. The van der Waals surface area contributed by atoms with E-state index in [4.69, 9.17) is 4.74 Å². The van der Waals surface area contributed by atoms with Crippen molar-refractivity contribution >= 4 is 11.6 Å². The van der Waals surface area contributed by atoms with E-state index in [0.717, 1.165) is 24.7 Å². The van der Waals surface area contributed by atoms with E-state index in [1.807, 2.05) is 41.6 Å². The van der Waals surface area contributed by atoms with Crippen LogP contribution in [0.25, 0.3) is 0 Å². The molecule has 2 aliphatic rings. The predicted octanol–water partition coefficient (Wildman–Crippen LogP) is 3.88. The monoisotopic (exact) mass is 411 g/mol. The normalized spacial score (nSPS) is 18.2. The summed E-state index contributed by atoms with van der Waals surface area (Å²) in [5, 5.41) is 0. The van der Waals surface area contributed by atoms with E-state index in [1.54, 1.807) is 0 Å². The Morgan fingerprint density at radius 2 is 1.97 bits per heavy atom. The van der Waals surface area contributed by atoms with Crippen molar-refractivity contribution in [3.05, 3.63) is 84.7 Å². The van der Waals surface area contributed by atoms with Crippen LogP contribution < -0.4 is 9.64 Å². The Kier molecular flexibility index (Phi) is 5.70. The summed E-state index contributed by atoms with van der Waals surface area (Å²) < 4.78 is 32.3. The van der Waals surface area contributed by atoms with Gasteiger partial charge in [-0.3, -0.25) is 4.79 Å². The molecule has 0 radical (unpaired) electrons. The lowest BCUT2D eigenvalue weighted by Crippen LogP contribution is -2.37. The predicted molar refractivity (Wildman–Crippen MR) is 111 cm³/mol. The van der Waals surface area contributed by atoms with Crippen LogP contribution in [0.5, 0.6) is 5.75 Å². The second-order valence-electron chi connectivity index (χ2n) is 7.37. The van der Waals surface area contributed by atoms with Crippen LogP contribution in [-0.4, -0.2) is 41.5 Å². The molecular formula is C23H23F2N3O2. The topological polar surface area (TPSA) is 36.0 Å². The number of hydrogen-bond acceptors (Lipinski definition) is 4. The number of likely N-dealkylation sites (tertiary alicyclic amines) is 1. The first-order valence-electron chi connectivity index (χ1n) is 9.82. The van der Waals surface area contributed by atoms with Gasteiger partial charge < -0.3 is 19.4 Å². The van der Waals surface area contributed by atoms with Crippen molar-refractivity contribution in [1.82, 2.24) is 9.80 Å². The van der Waals surface area contributed by atoms with E-state index in [-0.39, 0.29) is 12.5 Å². The Hall–Kier alpha value is -3.35. The van der Waals surface area contributed by atoms with E-state index in [9.17, 15) is 13.6 Å². The lowest BCUT2D eigenvalue weighted by atomic mass is 10.2. The maximum atomic E-state index is 13.7. The summed E-state index contributed by atoms with van der Waals surface area (Å²) in [7, 11) is 0. The minimum atomic E-state index is -0.616. The molecular weight excluding hydrogens is 388 g/mol. The highest BCUT2D eigenvalue weighted by Gasteiger charge is 2.30. The number of ether oxygens (including phenoxy) is 1. The Labute approximate surface area is 174 Å². The molecule has 0 bridgehead atoms. The van der Waals surface area contributed by atoms with Gasteiger partial charge in [-0.15, -0.1) is 0 Å². The summed E-state index contributed by atoms with van der Waals surface area (Å²) in [5.41, 5.74) is 1.31. The zero-order chi connectivity index (χ0) is 21.1. The molecule has 5 nitrogen and oxygen atoms in total. The average Bonchev–Trinajstić information content (AvgIpc) is 3.43. The lowest BCUT2D eigenvalue weighted by molar-refractivity contribution is -0.125. The van der Waals surface area contributed by atoms with Crippen LogP contribution in [0.4, 0.5) is 14.5 Å². The number of amides is 1. The molecule has 2 aliphatic heterocycles. The number of nitrogens with zero attached hydrogens (tertiary/aromatic N) is 3. The van der Waals surface area contributed by atoms with Crippen LogP contribution >= 0.6 is 0 Å². The maximum Gasteiger partial charge on any atom is 0.246 e. The molecule has 0 saturated carbocycles. The molecule has 1 fully saturated rings. The summed E-state index contributed by atoms with van der Waals surface area (Å²) in [6.07, 6.45) is 6.36. The van der Waals surface area contributed by atoms with Gasteiger partial charge in [0.1, 0.15) is 24.0 Å². The van der Waals surface area contributed by atoms with E-state index >= 15 is 0 Å². The summed E-state index contributed by atoms with van der Waals surface area (Å²) >= 11 is 0. The second-order valence-corrected chi connectivity index (χ2v) is 7.37. The first-order valence-corrected chi connectivity index (χ1v) is 9.82. The average molecular weight is 411 g/mol. The number of benzene rings is 2. The smallest absolute Gasteiger partial charge is 0.246 e. The number of hydrogen-bond donors (Lipinski definition) is 0. The fourth-order valence-electron chi connectivity index (χ4n) is 3.72. The van der Waals surface area contributed by atoms with Crippen LogP contribution in [0.3, 0.4) is 0 Å². The van der Waals surface area contributed by atoms with Crippen LogP contribution in [0, 0.1) is 11.6 Å². The van der Waals surface area contributed by atoms with Crippen molar-refractivity contribution in [3.63, 3.8) is 0 Å². The molecule has 1 atom stereocenters.